The number of methoxy groups -OCH3 is 2. The summed E-state index contributed by atoms with van der Waals surface area (Å²) in [7, 11) is 3.25. The fraction of sp³-hybridized carbons (Fsp3) is 0.273. The summed E-state index contributed by atoms with van der Waals surface area (Å²) < 4.78 is 16.3. The van der Waals surface area contributed by atoms with E-state index >= 15 is 0 Å². The highest BCUT2D eigenvalue weighted by atomic mass is 32.2. The molecule has 1 aromatic heterocycles. The van der Waals surface area contributed by atoms with Gasteiger partial charge in [-0.1, -0.05) is 24.3 Å². The Hall–Kier alpha value is -2.93. The first-order valence-corrected chi connectivity index (χ1v) is 10.3. The Labute approximate surface area is 174 Å². The van der Waals surface area contributed by atoms with Crippen molar-refractivity contribution in [3.63, 3.8) is 0 Å². The van der Waals surface area contributed by atoms with Gasteiger partial charge in [-0.15, -0.1) is 11.8 Å². The number of hydrogen-bond acceptors (Lipinski definition) is 6. The van der Waals surface area contributed by atoms with Crippen LogP contribution >= 0.6 is 11.8 Å². The molecule has 2 aromatic carbocycles. The monoisotopic (exact) mass is 412 g/mol. The molecule has 3 aromatic rings. The number of nitrogens with zero attached hydrogens (tertiary/aromatic N) is 1. The van der Waals surface area contributed by atoms with Crippen LogP contribution in [-0.2, 0) is 17.1 Å². The molecule has 3 rings (SSSR count). The van der Waals surface area contributed by atoms with Gasteiger partial charge >= 0.3 is 0 Å². The summed E-state index contributed by atoms with van der Waals surface area (Å²) in [6.45, 7) is 2.32. The average molecular weight is 413 g/mol. The third-order valence-electron chi connectivity index (χ3n) is 4.35. The van der Waals surface area contributed by atoms with Crippen molar-refractivity contribution in [2.75, 3.05) is 20.0 Å². The molecule has 0 aliphatic rings. The lowest BCUT2D eigenvalue weighted by Crippen LogP contribution is -2.24. The predicted octanol–water partition coefficient (Wildman–Crippen LogP) is 4.22. The number of carbonyl (C=O) groups is 1. The number of hydrogen-bond donors (Lipinski definition) is 1. The minimum Gasteiger partial charge on any atom is -0.497 e. The Morgan fingerprint density at radius 3 is 2.76 bits per heavy atom. The van der Waals surface area contributed by atoms with Crippen LogP contribution < -0.4 is 14.8 Å². The smallest absolute Gasteiger partial charge is 0.230 e. The molecule has 152 valence electrons. The number of aryl methyl sites for hydroxylation is 1. The number of rotatable bonds is 9. The summed E-state index contributed by atoms with van der Waals surface area (Å²) in [6, 6.07) is 15.2. The van der Waals surface area contributed by atoms with E-state index < -0.39 is 0 Å². The average Bonchev–Trinajstić information content (AvgIpc) is 3.13. The highest BCUT2D eigenvalue weighted by molar-refractivity contribution is 7.99. The maximum atomic E-state index is 12.2. The lowest BCUT2D eigenvalue weighted by Gasteiger charge is -2.09. The van der Waals surface area contributed by atoms with Crippen molar-refractivity contribution < 1.29 is 18.7 Å². The molecule has 0 unspecified atom stereocenters. The van der Waals surface area contributed by atoms with Crippen LogP contribution in [0.3, 0.4) is 0 Å². The lowest BCUT2D eigenvalue weighted by molar-refractivity contribution is -0.118. The summed E-state index contributed by atoms with van der Waals surface area (Å²) in [5.41, 5.74) is 2.65. The van der Waals surface area contributed by atoms with E-state index in [-0.39, 0.29) is 5.91 Å². The molecule has 6 nitrogen and oxygen atoms in total. The number of para-hydroxylation sites is 1. The second kappa shape index (κ2) is 10.0. The van der Waals surface area contributed by atoms with E-state index in [1.807, 2.05) is 55.5 Å². The maximum Gasteiger partial charge on any atom is 0.230 e. The molecule has 1 N–H and O–H groups in total. The van der Waals surface area contributed by atoms with Gasteiger partial charge in [0.1, 0.15) is 17.3 Å². The van der Waals surface area contributed by atoms with Gasteiger partial charge in [0.05, 0.1) is 25.7 Å². The van der Waals surface area contributed by atoms with Crippen molar-refractivity contribution in [3.8, 4) is 23.0 Å². The first-order chi connectivity index (χ1) is 14.1. The highest BCUT2D eigenvalue weighted by Crippen LogP contribution is 2.26. The van der Waals surface area contributed by atoms with Crippen molar-refractivity contribution in [3.05, 3.63) is 65.5 Å². The van der Waals surface area contributed by atoms with Crippen LogP contribution in [0, 0.1) is 6.92 Å². The molecule has 1 amide bonds. The molecule has 0 atom stereocenters. The first-order valence-electron chi connectivity index (χ1n) is 9.17. The molecule has 0 aliphatic carbocycles. The van der Waals surface area contributed by atoms with E-state index in [1.54, 1.807) is 14.2 Å². The van der Waals surface area contributed by atoms with Gasteiger partial charge in [-0.3, -0.25) is 4.79 Å². The molecule has 0 fully saturated rings. The third-order valence-corrected chi connectivity index (χ3v) is 5.29. The summed E-state index contributed by atoms with van der Waals surface area (Å²) in [5.74, 6) is 3.74. The molecule has 0 saturated heterocycles. The molecule has 0 radical (unpaired) electrons. The van der Waals surface area contributed by atoms with Gasteiger partial charge in [-0.25, -0.2) is 4.98 Å². The minimum atomic E-state index is -0.0323. The first kappa shape index (κ1) is 20.8. The van der Waals surface area contributed by atoms with E-state index in [1.165, 1.54) is 11.8 Å². The zero-order valence-electron chi connectivity index (χ0n) is 16.7. The van der Waals surface area contributed by atoms with Crippen LogP contribution in [-0.4, -0.2) is 30.9 Å². The largest absolute Gasteiger partial charge is 0.497 e. The van der Waals surface area contributed by atoms with Crippen LogP contribution in [0.15, 0.2) is 52.9 Å². The lowest BCUT2D eigenvalue weighted by atomic mass is 10.2. The van der Waals surface area contributed by atoms with Crippen molar-refractivity contribution >= 4 is 17.7 Å². The molecule has 1 heterocycles. The van der Waals surface area contributed by atoms with Gasteiger partial charge in [-0.2, -0.15) is 0 Å². The Balaban J connectivity index is 1.51. The molecule has 29 heavy (non-hydrogen) atoms. The van der Waals surface area contributed by atoms with Crippen molar-refractivity contribution in [1.29, 1.82) is 0 Å². The molecular weight excluding hydrogens is 388 g/mol. The summed E-state index contributed by atoms with van der Waals surface area (Å²) in [6.07, 6.45) is 0. The standard InChI is InChI=1S/C22H24N2O4S/c1-15-19(24-22(28-15)16-8-6-9-18(11-16)26-2)13-29-14-21(25)23-12-17-7-4-5-10-20(17)27-3/h4-11H,12-14H2,1-3H3,(H,23,25). The Morgan fingerprint density at radius 2 is 1.97 bits per heavy atom. The molecule has 0 spiro atoms. The number of oxazole rings is 1. The van der Waals surface area contributed by atoms with Crippen LogP contribution in [0.2, 0.25) is 0 Å². The maximum absolute atomic E-state index is 12.2. The highest BCUT2D eigenvalue weighted by Gasteiger charge is 2.13. The predicted molar refractivity (Wildman–Crippen MR) is 114 cm³/mol. The van der Waals surface area contributed by atoms with Crippen molar-refractivity contribution in [2.24, 2.45) is 0 Å². The van der Waals surface area contributed by atoms with E-state index in [0.29, 0.717) is 23.9 Å². The summed E-state index contributed by atoms with van der Waals surface area (Å²) in [5, 5.41) is 2.92. The number of nitrogens with one attached hydrogen (secondary N) is 1. The summed E-state index contributed by atoms with van der Waals surface area (Å²) >= 11 is 1.50. The van der Waals surface area contributed by atoms with Gasteiger partial charge < -0.3 is 19.2 Å². The van der Waals surface area contributed by atoms with E-state index in [9.17, 15) is 4.79 Å². The number of carbonyl (C=O) groups excluding carboxylic acids is 1. The van der Waals surface area contributed by atoms with Crippen LogP contribution in [0.5, 0.6) is 11.5 Å². The second-order valence-electron chi connectivity index (χ2n) is 6.34. The van der Waals surface area contributed by atoms with Gasteiger partial charge in [0.25, 0.3) is 0 Å². The van der Waals surface area contributed by atoms with Crippen LogP contribution in [0.4, 0.5) is 0 Å². The van der Waals surface area contributed by atoms with Gasteiger partial charge in [0.15, 0.2) is 0 Å². The van der Waals surface area contributed by atoms with Gasteiger partial charge in [-0.05, 0) is 31.2 Å². The Morgan fingerprint density at radius 1 is 1.14 bits per heavy atom. The zero-order valence-corrected chi connectivity index (χ0v) is 17.5. The van der Waals surface area contributed by atoms with E-state index in [4.69, 9.17) is 13.9 Å². The normalized spacial score (nSPS) is 10.6. The zero-order chi connectivity index (χ0) is 20.6. The Bertz CT molecular complexity index is 971. The number of thioether (sulfide) groups is 1. The molecule has 0 aliphatic heterocycles. The second-order valence-corrected chi connectivity index (χ2v) is 7.32. The fourth-order valence-corrected chi connectivity index (χ4v) is 3.63. The van der Waals surface area contributed by atoms with Crippen molar-refractivity contribution in [2.45, 2.75) is 19.2 Å². The number of amides is 1. The Kier molecular flexibility index (Phi) is 7.19. The molecular formula is C22H24N2O4S. The fourth-order valence-electron chi connectivity index (χ4n) is 2.78. The topological polar surface area (TPSA) is 73.6 Å². The number of benzene rings is 2. The summed E-state index contributed by atoms with van der Waals surface area (Å²) in [4.78, 5) is 16.7. The SMILES string of the molecule is COc1cccc(-c2nc(CSCC(=O)NCc3ccccc3OC)c(C)o2)c1. The number of ether oxygens (including phenoxy) is 2. The quantitative estimate of drug-likeness (QED) is 0.567. The molecule has 0 saturated carbocycles. The van der Waals surface area contributed by atoms with E-state index in [2.05, 4.69) is 10.3 Å². The van der Waals surface area contributed by atoms with Crippen LogP contribution in [0.25, 0.3) is 11.5 Å². The van der Waals surface area contributed by atoms with Gasteiger partial charge in [0.2, 0.25) is 11.8 Å². The van der Waals surface area contributed by atoms with E-state index in [0.717, 1.165) is 34.1 Å². The molecule has 0 bridgehead atoms. The third kappa shape index (κ3) is 5.54. The van der Waals surface area contributed by atoms with Crippen LogP contribution in [0.1, 0.15) is 17.0 Å². The minimum absolute atomic E-state index is 0.0323. The number of aromatic nitrogens is 1. The van der Waals surface area contributed by atoms with Crippen molar-refractivity contribution in [1.82, 2.24) is 10.3 Å². The molecule has 7 heteroatoms. The van der Waals surface area contributed by atoms with Gasteiger partial charge in [0, 0.05) is 23.4 Å².